The van der Waals surface area contributed by atoms with Gasteiger partial charge in [-0.15, -0.1) is 5.10 Å². The van der Waals surface area contributed by atoms with Gasteiger partial charge in [-0.25, -0.2) is 9.48 Å². The van der Waals surface area contributed by atoms with Crippen molar-refractivity contribution >= 4 is 23.5 Å². The van der Waals surface area contributed by atoms with E-state index in [0.717, 1.165) is 10.2 Å². The maximum Gasteiger partial charge on any atom is 0.358 e. The van der Waals surface area contributed by atoms with Crippen molar-refractivity contribution in [2.75, 3.05) is 11.9 Å². The zero-order valence-corrected chi connectivity index (χ0v) is 14.8. The second-order valence-corrected chi connectivity index (χ2v) is 6.29. The lowest BCUT2D eigenvalue weighted by atomic mass is 10.1. The van der Waals surface area contributed by atoms with Crippen molar-refractivity contribution in [3.63, 3.8) is 0 Å². The zero-order chi connectivity index (χ0) is 19.3. The molecule has 26 heavy (non-hydrogen) atoms. The Kier molecular flexibility index (Phi) is 6.05. The van der Waals surface area contributed by atoms with Gasteiger partial charge in [0.25, 0.3) is 5.91 Å². The first-order chi connectivity index (χ1) is 12.3. The Bertz CT molecular complexity index is 828. The van der Waals surface area contributed by atoms with Crippen LogP contribution >= 0.6 is 0 Å². The van der Waals surface area contributed by atoms with Crippen molar-refractivity contribution in [2.24, 2.45) is 5.92 Å². The Balaban J connectivity index is 1.99. The van der Waals surface area contributed by atoms with Gasteiger partial charge in [-0.3, -0.25) is 9.59 Å². The predicted molar refractivity (Wildman–Crippen MR) is 94.0 cm³/mol. The number of carbonyl (C=O) groups excluding carboxylic acids is 2. The van der Waals surface area contributed by atoms with Gasteiger partial charge in [-0.2, -0.15) is 0 Å². The fourth-order valence-electron chi connectivity index (χ4n) is 2.15. The molecular formula is C17H21N5O4. The number of amides is 2. The summed E-state index contributed by atoms with van der Waals surface area (Å²) in [6.45, 7) is 6.23. The number of hydrogen-bond acceptors (Lipinski definition) is 5. The predicted octanol–water partition coefficient (Wildman–Crippen LogP) is 1.31. The third-order valence-corrected chi connectivity index (χ3v) is 3.50. The van der Waals surface area contributed by atoms with Gasteiger partial charge in [0, 0.05) is 17.8 Å². The summed E-state index contributed by atoms with van der Waals surface area (Å²) in [4.78, 5) is 34.9. The maximum absolute atomic E-state index is 12.1. The standard InChI is InChI=1S/C17H21N5O4/c1-10(2)7-18-16(24)12-4-5-13(11(3)6-12)19-15(23)9-22-8-14(17(25)26)20-21-22/h4-6,8,10H,7,9H2,1-3H3,(H,18,24)(H,19,23)(H,25,26). The van der Waals surface area contributed by atoms with Crippen molar-refractivity contribution in [3.8, 4) is 0 Å². The van der Waals surface area contributed by atoms with Gasteiger partial charge in [0.2, 0.25) is 5.91 Å². The molecule has 0 spiro atoms. The van der Waals surface area contributed by atoms with Crippen LogP contribution in [0.1, 0.15) is 40.3 Å². The van der Waals surface area contributed by atoms with Gasteiger partial charge in [0.1, 0.15) is 6.54 Å². The van der Waals surface area contributed by atoms with Crippen LogP contribution in [-0.2, 0) is 11.3 Å². The van der Waals surface area contributed by atoms with Crippen LogP contribution in [-0.4, -0.2) is 44.4 Å². The van der Waals surface area contributed by atoms with Crippen LogP contribution in [0.2, 0.25) is 0 Å². The second-order valence-electron chi connectivity index (χ2n) is 6.29. The first-order valence-corrected chi connectivity index (χ1v) is 8.08. The van der Waals surface area contributed by atoms with E-state index in [2.05, 4.69) is 20.9 Å². The summed E-state index contributed by atoms with van der Waals surface area (Å²) in [6, 6.07) is 4.99. The number of carboxylic acid groups (broad SMARTS) is 1. The monoisotopic (exact) mass is 359 g/mol. The molecule has 3 N–H and O–H groups in total. The van der Waals surface area contributed by atoms with E-state index in [-0.39, 0.29) is 24.1 Å². The Hall–Kier alpha value is -3.23. The minimum absolute atomic E-state index is 0.163. The first-order valence-electron chi connectivity index (χ1n) is 8.08. The van der Waals surface area contributed by atoms with Gasteiger partial charge in [-0.05, 0) is 36.6 Å². The summed E-state index contributed by atoms with van der Waals surface area (Å²) in [5, 5.41) is 21.4. The molecular weight excluding hydrogens is 338 g/mol. The quantitative estimate of drug-likeness (QED) is 0.684. The van der Waals surface area contributed by atoms with Crippen molar-refractivity contribution in [1.82, 2.24) is 20.3 Å². The fraction of sp³-hybridized carbons (Fsp3) is 0.353. The largest absolute Gasteiger partial charge is 0.476 e. The van der Waals surface area contributed by atoms with E-state index < -0.39 is 5.97 Å². The lowest BCUT2D eigenvalue weighted by Crippen LogP contribution is -2.27. The molecule has 2 rings (SSSR count). The van der Waals surface area contributed by atoms with Crippen LogP contribution in [0.25, 0.3) is 0 Å². The number of carboxylic acids is 1. The van der Waals surface area contributed by atoms with Gasteiger partial charge >= 0.3 is 5.97 Å². The van der Waals surface area contributed by atoms with Crippen molar-refractivity contribution in [2.45, 2.75) is 27.3 Å². The molecule has 0 bridgehead atoms. The van der Waals surface area contributed by atoms with Gasteiger partial charge in [-0.1, -0.05) is 19.1 Å². The number of hydrogen-bond donors (Lipinski definition) is 3. The Morgan fingerprint density at radius 2 is 2.00 bits per heavy atom. The number of carbonyl (C=O) groups is 3. The molecule has 1 aromatic heterocycles. The normalized spacial score (nSPS) is 10.6. The van der Waals surface area contributed by atoms with E-state index in [1.807, 2.05) is 13.8 Å². The molecule has 9 nitrogen and oxygen atoms in total. The topological polar surface area (TPSA) is 126 Å². The summed E-state index contributed by atoms with van der Waals surface area (Å²) in [7, 11) is 0. The van der Waals surface area contributed by atoms with Crippen LogP contribution in [0.3, 0.4) is 0 Å². The minimum atomic E-state index is -1.21. The van der Waals surface area contributed by atoms with Crippen LogP contribution in [0, 0.1) is 12.8 Å². The van der Waals surface area contributed by atoms with E-state index in [1.54, 1.807) is 25.1 Å². The zero-order valence-electron chi connectivity index (χ0n) is 14.8. The lowest BCUT2D eigenvalue weighted by Gasteiger charge is -2.11. The highest BCUT2D eigenvalue weighted by molar-refractivity contribution is 5.96. The minimum Gasteiger partial charge on any atom is -0.476 e. The Morgan fingerprint density at radius 1 is 1.27 bits per heavy atom. The van der Waals surface area contributed by atoms with Gasteiger partial charge < -0.3 is 15.7 Å². The molecule has 1 heterocycles. The summed E-state index contributed by atoms with van der Waals surface area (Å²) in [6.07, 6.45) is 1.18. The SMILES string of the molecule is Cc1cc(C(=O)NCC(C)C)ccc1NC(=O)Cn1cc(C(=O)O)nn1. The summed E-state index contributed by atoms with van der Waals surface area (Å²) in [5.41, 5.74) is 1.59. The molecule has 1 aromatic carbocycles. The molecule has 0 aliphatic rings. The third-order valence-electron chi connectivity index (χ3n) is 3.50. The summed E-state index contributed by atoms with van der Waals surface area (Å²) < 4.78 is 1.14. The summed E-state index contributed by atoms with van der Waals surface area (Å²) >= 11 is 0. The molecule has 0 aliphatic carbocycles. The van der Waals surface area contributed by atoms with Gasteiger partial charge in [0.15, 0.2) is 5.69 Å². The van der Waals surface area contributed by atoms with E-state index in [1.165, 1.54) is 6.20 Å². The van der Waals surface area contributed by atoms with Gasteiger partial charge in [0.05, 0.1) is 6.20 Å². The number of anilines is 1. The highest BCUT2D eigenvalue weighted by atomic mass is 16.4. The molecule has 0 fully saturated rings. The van der Waals surface area contributed by atoms with Crippen LogP contribution in [0.15, 0.2) is 24.4 Å². The number of nitrogens with zero attached hydrogens (tertiary/aromatic N) is 3. The lowest BCUT2D eigenvalue weighted by molar-refractivity contribution is -0.116. The first kappa shape index (κ1) is 19.1. The maximum atomic E-state index is 12.1. The number of aromatic nitrogens is 3. The number of aryl methyl sites for hydroxylation is 1. The molecule has 9 heteroatoms. The molecule has 0 atom stereocenters. The fourth-order valence-corrected chi connectivity index (χ4v) is 2.15. The van der Waals surface area contributed by atoms with Crippen molar-refractivity contribution < 1.29 is 19.5 Å². The number of nitrogens with one attached hydrogen (secondary N) is 2. The average Bonchev–Trinajstić information content (AvgIpc) is 3.03. The van der Waals surface area contributed by atoms with E-state index >= 15 is 0 Å². The summed E-state index contributed by atoms with van der Waals surface area (Å²) in [5.74, 6) is -1.40. The number of aromatic carboxylic acids is 1. The Morgan fingerprint density at radius 3 is 2.58 bits per heavy atom. The third kappa shape index (κ3) is 5.13. The number of rotatable bonds is 7. The smallest absolute Gasteiger partial charge is 0.358 e. The molecule has 0 radical (unpaired) electrons. The van der Waals surface area contributed by atoms with Crippen LogP contribution in [0.5, 0.6) is 0 Å². The van der Waals surface area contributed by atoms with Crippen LogP contribution in [0.4, 0.5) is 5.69 Å². The Labute approximate surface area is 150 Å². The van der Waals surface area contributed by atoms with E-state index in [4.69, 9.17) is 5.11 Å². The second kappa shape index (κ2) is 8.24. The van der Waals surface area contributed by atoms with Crippen molar-refractivity contribution in [1.29, 1.82) is 0 Å². The molecule has 0 saturated carbocycles. The average molecular weight is 359 g/mol. The number of benzene rings is 1. The molecule has 0 unspecified atom stereocenters. The molecule has 2 aromatic rings. The highest BCUT2D eigenvalue weighted by Crippen LogP contribution is 2.16. The van der Waals surface area contributed by atoms with Crippen molar-refractivity contribution in [3.05, 3.63) is 41.2 Å². The van der Waals surface area contributed by atoms with E-state index in [9.17, 15) is 14.4 Å². The molecule has 0 saturated heterocycles. The molecule has 0 aliphatic heterocycles. The highest BCUT2D eigenvalue weighted by Gasteiger charge is 2.13. The van der Waals surface area contributed by atoms with Crippen LogP contribution < -0.4 is 10.6 Å². The van der Waals surface area contributed by atoms with E-state index in [0.29, 0.717) is 23.7 Å². The molecule has 2 amide bonds. The molecule has 138 valence electrons.